The largest absolute Gasteiger partial charge is 0.416 e. The summed E-state index contributed by atoms with van der Waals surface area (Å²) in [5, 5.41) is 1.58. The molecule has 10 rings (SSSR count). The highest BCUT2D eigenvalue weighted by molar-refractivity contribution is 6.12. The van der Waals surface area contributed by atoms with Crippen LogP contribution in [-0.2, 0) is 12.4 Å². The summed E-state index contributed by atoms with van der Waals surface area (Å²) >= 11 is 0. The Morgan fingerprint density at radius 3 is 1.60 bits per heavy atom. The predicted molar refractivity (Wildman–Crippen MR) is 248 cm³/mol. The molecule has 0 saturated carbocycles. The van der Waals surface area contributed by atoms with Gasteiger partial charge in [0.2, 0.25) is 0 Å². The summed E-state index contributed by atoms with van der Waals surface area (Å²) in [5.74, 6) is 0.484. The Labute approximate surface area is 371 Å². The smallest absolute Gasteiger partial charge is 0.308 e. The van der Waals surface area contributed by atoms with Crippen LogP contribution in [-0.4, -0.2) is 14.5 Å². The number of aryl methyl sites for hydroxylation is 2. The number of rotatable bonds is 7. The van der Waals surface area contributed by atoms with E-state index in [-0.39, 0.29) is 0 Å². The SMILES string of the molecule is Cc1cccc(-c2cc(-c3cc(-c4ccccc4)nc(-c4ccccc4)n3)cc(-c3cccc(C(F)(F)F)c3)c2-n2c3ccccc3c3cc(-c4cc(C)cc(C(F)(F)F)c4)ccc32)c1. The minimum absolute atomic E-state index is 0.327. The van der Waals surface area contributed by atoms with E-state index in [4.69, 9.17) is 9.97 Å². The Kier molecular flexibility index (Phi) is 10.2. The Hall–Kier alpha value is -7.78. The van der Waals surface area contributed by atoms with Crippen LogP contribution in [0.5, 0.6) is 0 Å². The van der Waals surface area contributed by atoms with Crippen molar-refractivity contribution in [3.05, 3.63) is 210 Å². The fraction of sp³-hybridized carbons (Fsp3) is 0.0714. The van der Waals surface area contributed by atoms with E-state index < -0.39 is 23.5 Å². The van der Waals surface area contributed by atoms with Crippen molar-refractivity contribution in [3.63, 3.8) is 0 Å². The third-order valence-electron chi connectivity index (χ3n) is 11.7. The average molecular weight is 866 g/mol. The third kappa shape index (κ3) is 7.95. The maximum Gasteiger partial charge on any atom is 0.416 e. The van der Waals surface area contributed by atoms with E-state index in [1.165, 1.54) is 12.1 Å². The summed E-state index contributed by atoms with van der Waals surface area (Å²) in [6.45, 7) is 3.63. The van der Waals surface area contributed by atoms with Gasteiger partial charge < -0.3 is 4.57 Å². The second kappa shape index (κ2) is 16.1. The molecule has 2 aromatic heterocycles. The topological polar surface area (TPSA) is 30.7 Å². The highest BCUT2D eigenvalue weighted by atomic mass is 19.4. The number of alkyl halides is 6. The van der Waals surface area contributed by atoms with Gasteiger partial charge in [0.1, 0.15) is 0 Å². The second-order valence-corrected chi connectivity index (χ2v) is 16.2. The Morgan fingerprint density at radius 2 is 0.923 bits per heavy atom. The highest BCUT2D eigenvalue weighted by Gasteiger charge is 2.32. The zero-order valence-corrected chi connectivity index (χ0v) is 35.0. The summed E-state index contributed by atoms with van der Waals surface area (Å²) in [6, 6.07) is 55.8. The van der Waals surface area contributed by atoms with Gasteiger partial charge in [0.05, 0.1) is 39.2 Å². The van der Waals surface area contributed by atoms with Gasteiger partial charge in [-0.15, -0.1) is 0 Å². The zero-order chi connectivity index (χ0) is 45.0. The van der Waals surface area contributed by atoms with Gasteiger partial charge in [0, 0.05) is 38.6 Å². The molecule has 318 valence electrons. The molecule has 65 heavy (non-hydrogen) atoms. The van der Waals surface area contributed by atoms with Crippen LogP contribution in [0.25, 0.3) is 94.8 Å². The molecule has 0 aliphatic rings. The molecule has 0 unspecified atom stereocenters. The monoisotopic (exact) mass is 865 g/mol. The minimum atomic E-state index is -4.63. The molecule has 0 N–H and O–H groups in total. The van der Waals surface area contributed by atoms with E-state index in [0.717, 1.165) is 62.3 Å². The standard InChI is InChI=1S/C56H37F6N3/c1-34-13-11-18-39(25-34)46-31-42(50-33-49(36-14-5-3-6-15-36)63-54(64-50)37-16-7-4-8-17-37)32-47(40-19-12-20-43(28-40)55(57,58)59)53(46)65-51-22-10-9-21-45(51)48-30-38(23-24-52(48)65)41-26-35(2)27-44(29-41)56(60,61)62/h3-33H,1-2H3. The van der Waals surface area contributed by atoms with Crippen molar-refractivity contribution < 1.29 is 26.3 Å². The lowest BCUT2D eigenvalue weighted by Gasteiger charge is -2.22. The molecule has 0 bridgehead atoms. The van der Waals surface area contributed by atoms with Crippen LogP contribution in [0.2, 0.25) is 0 Å². The first-order valence-electron chi connectivity index (χ1n) is 20.9. The highest BCUT2D eigenvalue weighted by Crippen LogP contribution is 2.46. The van der Waals surface area contributed by atoms with E-state index in [1.807, 2.05) is 146 Å². The van der Waals surface area contributed by atoms with Crippen molar-refractivity contribution >= 4 is 21.8 Å². The number of hydrogen-bond acceptors (Lipinski definition) is 2. The van der Waals surface area contributed by atoms with Crippen LogP contribution in [0.15, 0.2) is 188 Å². The van der Waals surface area contributed by atoms with Crippen molar-refractivity contribution in [2.24, 2.45) is 0 Å². The molecule has 0 spiro atoms. The number of nitrogens with zero attached hydrogens (tertiary/aromatic N) is 3. The van der Waals surface area contributed by atoms with Crippen LogP contribution in [0.1, 0.15) is 22.3 Å². The van der Waals surface area contributed by atoms with E-state index in [0.29, 0.717) is 61.8 Å². The molecule has 0 aliphatic heterocycles. The fourth-order valence-electron chi connectivity index (χ4n) is 8.71. The molecule has 2 heterocycles. The Morgan fingerprint density at radius 1 is 0.369 bits per heavy atom. The lowest BCUT2D eigenvalue weighted by molar-refractivity contribution is -0.138. The molecule has 0 radical (unpaired) electrons. The summed E-state index contributed by atoms with van der Waals surface area (Å²) in [4.78, 5) is 10.1. The number of hydrogen-bond donors (Lipinski definition) is 0. The van der Waals surface area contributed by atoms with Crippen LogP contribution >= 0.6 is 0 Å². The summed E-state index contributed by atoms with van der Waals surface area (Å²) in [5.41, 5.74) is 8.94. The van der Waals surface area contributed by atoms with Crippen molar-refractivity contribution in [2.75, 3.05) is 0 Å². The summed E-state index contributed by atoms with van der Waals surface area (Å²) in [6.07, 6.45) is -9.16. The fourth-order valence-corrected chi connectivity index (χ4v) is 8.71. The van der Waals surface area contributed by atoms with E-state index in [2.05, 4.69) is 4.57 Å². The van der Waals surface area contributed by atoms with Gasteiger partial charge >= 0.3 is 12.4 Å². The Bertz CT molecular complexity index is 3370. The van der Waals surface area contributed by atoms with Crippen molar-refractivity contribution in [3.8, 4) is 73.0 Å². The quantitative estimate of drug-likeness (QED) is 0.149. The summed E-state index contributed by atoms with van der Waals surface area (Å²) in [7, 11) is 0. The summed E-state index contributed by atoms with van der Waals surface area (Å²) < 4.78 is 88.1. The number of aromatic nitrogens is 3. The van der Waals surface area contributed by atoms with Crippen LogP contribution in [0.3, 0.4) is 0 Å². The third-order valence-corrected chi connectivity index (χ3v) is 11.7. The zero-order valence-electron chi connectivity index (χ0n) is 35.0. The van der Waals surface area contributed by atoms with Crippen LogP contribution < -0.4 is 0 Å². The van der Waals surface area contributed by atoms with E-state index in [9.17, 15) is 26.3 Å². The van der Waals surface area contributed by atoms with E-state index >= 15 is 0 Å². The van der Waals surface area contributed by atoms with Crippen LogP contribution in [0, 0.1) is 13.8 Å². The van der Waals surface area contributed by atoms with Gasteiger partial charge in [-0.2, -0.15) is 26.3 Å². The maximum atomic E-state index is 14.6. The first-order valence-corrected chi connectivity index (χ1v) is 20.9. The molecule has 10 aromatic rings. The normalized spacial score (nSPS) is 12.0. The van der Waals surface area contributed by atoms with Crippen molar-refractivity contribution in [2.45, 2.75) is 26.2 Å². The molecule has 3 nitrogen and oxygen atoms in total. The molecule has 0 amide bonds. The number of benzene rings is 8. The minimum Gasteiger partial charge on any atom is -0.308 e. The van der Waals surface area contributed by atoms with Crippen molar-refractivity contribution in [1.82, 2.24) is 14.5 Å². The second-order valence-electron chi connectivity index (χ2n) is 16.2. The first-order chi connectivity index (χ1) is 31.3. The predicted octanol–water partition coefficient (Wildman–Crippen LogP) is 16.2. The maximum absolute atomic E-state index is 14.6. The average Bonchev–Trinajstić information content (AvgIpc) is 3.64. The lowest BCUT2D eigenvalue weighted by Crippen LogP contribution is -2.06. The van der Waals surface area contributed by atoms with Gasteiger partial charge in [0.25, 0.3) is 0 Å². The van der Waals surface area contributed by atoms with Gasteiger partial charge in [0.15, 0.2) is 5.82 Å². The molecule has 9 heteroatoms. The number of halogens is 6. The van der Waals surface area contributed by atoms with Gasteiger partial charge in [-0.3, -0.25) is 0 Å². The first kappa shape index (κ1) is 41.2. The molecule has 0 saturated heterocycles. The van der Waals surface area contributed by atoms with Gasteiger partial charge in [-0.05, 0) is 102 Å². The van der Waals surface area contributed by atoms with Crippen molar-refractivity contribution in [1.29, 1.82) is 0 Å². The number of fused-ring (bicyclic) bond motifs is 3. The van der Waals surface area contributed by atoms with Gasteiger partial charge in [-0.25, -0.2) is 9.97 Å². The Balaban J connectivity index is 1.31. The molecular formula is C56H37F6N3. The molecular weight excluding hydrogens is 829 g/mol. The molecule has 0 atom stereocenters. The lowest BCUT2D eigenvalue weighted by atomic mass is 9.90. The molecule has 8 aromatic carbocycles. The van der Waals surface area contributed by atoms with Gasteiger partial charge in [-0.1, -0.05) is 133 Å². The molecule has 0 fully saturated rings. The number of para-hydroxylation sites is 1. The van der Waals surface area contributed by atoms with Crippen LogP contribution in [0.4, 0.5) is 26.3 Å². The van der Waals surface area contributed by atoms with E-state index in [1.54, 1.807) is 25.1 Å². The molecule has 0 aliphatic carbocycles.